The van der Waals surface area contributed by atoms with Gasteiger partial charge in [-0.15, -0.1) is 0 Å². The van der Waals surface area contributed by atoms with Crippen LogP contribution in [0, 0.1) is 0 Å². The van der Waals surface area contributed by atoms with E-state index in [0.717, 1.165) is 0 Å². The van der Waals surface area contributed by atoms with E-state index in [1.807, 2.05) is 42.9 Å². The molecule has 2 aromatic carbocycles. The van der Waals surface area contributed by atoms with Crippen LogP contribution in [0.25, 0.3) is 0 Å². The Labute approximate surface area is 128 Å². The Morgan fingerprint density at radius 1 is 0.857 bits per heavy atom. The van der Waals surface area contributed by atoms with Gasteiger partial charge in [0.05, 0.1) is 6.23 Å². The van der Waals surface area contributed by atoms with Gasteiger partial charge >= 0.3 is 8.56 Å². The quantitative estimate of drug-likeness (QED) is 0.823. The minimum absolute atomic E-state index is 0.0498. The first-order valence-electron chi connectivity index (χ1n) is 7.01. The first-order chi connectivity index (χ1) is 10.0. The maximum atomic E-state index is 9.68. The average Bonchev–Trinajstić information content (AvgIpc) is 2.56. The lowest BCUT2D eigenvalue weighted by Crippen LogP contribution is -2.65. The monoisotopic (exact) mass is 318 g/mol. The van der Waals surface area contributed by atoms with Crippen LogP contribution in [0.15, 0.2) is 60.7 Å². The van der Waals surface area contributed by atoms with E-state index in [1.54, 1.807) is 7.11 Å². The summed E-state index contributed by atoms with van der Waals surface area (Å²) in [5.74, 6) is 0. The number of aliphatic hydroxyl groups excluding tert-OH is 1. The second-order valence-electron chi connectivity index (χ2n) is 5.36. The lowest BCUT2D eigenvalue weighted by atomic mass is 10.4. The summed E-state index contributed by atoms with van der Waals surface area (Å²) in [7, 11) is -3.37. The average molecular weight is 319 g/mol. The minimum atomic E-state index is -2.58. The van der Waals surface area contributed by atoms with Crippen molar-refractivity contribution in [1.29, 1.82) is 0 Å². The molecule has 0 bridgehead atoms. The van der Waals surface area contributed by atoms with E-state index < -0.39 is 16.9 Å². The molecule has 0 radical (unpaired) electrons. The van der Waals surface area contributed by atoms with Crippen LogP contribution in [0.5, 0.6) is 0 Å². The molecule has 0 amide bonds. The second-order valence-corrected chi connectivity index (χ2v) is 12.4. The Kier molecular flexibility index (Phi) is 5.13. The van der Waals surface area contributed by atoms with Gasteiger partial charge in [-0.1, -0.05) is 60.7 Å². The summed E-state index contributed by atoms with van der Waals surface area (Å²) in [6.45, 7) is 4.07. The van der Waals surface area contributed by atoms with Gasteiger partial charge in [0.1, 0.15) is 0 Å². The molecule has 0 aromatic heterocycles. The molecule has 5 heteroatoms. The summed E-state index contributed by atoms with van der Waals surface area (Å²) in [6.07, 6.45) is -0.0498. The third kappa shape index (κ3) is 3.50. The van der Waals surface area contributed by atoms with Gasteiger partial charge in [0, 0.05) is 7.11 Å². The molecule has 112 valence electrons. The summed E-state index contributed by atoms with van der Waals surface area (Å²) in [5.41, 5.74) is 0. The molecule has 0 heterocycles. The maximum Gasteiger partial charge on any atom is 0.351 e. The van der Waals surface area contributed by atoms with Crippen LogP contribution in [-0.2, 0) is 8.54 Å². The van der Waals surface area contributed by atoms with E-state index in [0.29, 0.717) is 0 Å². The number of hydrogen-bond donors (Lipinski definition) is 1. The van der Waals surface area contributed by atoms with Gasteiger partial charge < -0.3 is 13.6 Å². The topological polar surface area (TPSA) is 38.7 Å². The molecule has 0 spiro atoms. The summed E-state index contributed by atoms with van der Waals surface area (Å²) < 4.78 is 12.0. The molecule has 0 aliphatic heterocycles. The fourth-order valence-corrected chi connectivity index (χ4v) is 9.48. The molecule has 2 aromatic rings. The predicted octanol–water partition coefficient (Wildman–Crippen LogP) is 1.64. The van der Waals surface area contributed by atoms with Crippen LogP contribution in [-0.4, -0.2) is 35.3 Å². The standard InChI is InChI=1S/C16H22O3Si2/c1-18-20(2,14-17)19-21(3,15-10-6-4-7-11-15)16-12-8-5-9-13-16/h4-13,17H,14H2,1-3H3. The normalized spacial score (nSPS) is 14.7. The molecular formula is C16H22O3Si2. The van der Waals surface area contributed by atoms with Crippen LogP contribution < -0.4 is 10.4 Å². The summed E-state index contributed by atoms with van der Waals surface area (Å²) in [5, 5.41) is 12.0. The predicted molar refractivity (Wildman–Crippen MR) is 90.6 cm³/mol. The Balaban J connectivity index is 2.50. The first kappa shape index (κ1) is 16.1. The first-order valence-corrected chi connectivity index (χ1v) is 11.9. The summed E-state index contributed by atoms with van der Waals surface area (Å²) in [4.78, 5) is 0. The van der Waals surface area contributed by atoms with Crippen LogP contribution in [0.1, 0.15) is 0 Å². The van der Waals surface area contributed by atoms with Gasteiger partial charge in [0.25, 0.3) is 0 Å². The minimum Gasteiger partial charge on any atom is -0.427 e. The molecule has 0 fully saturated rings. The largest absolute Gasteiger partial charge is 0.427 e. The molecule has 1 atom stereocenters. The van der Waals surface area contributed by atoms with E-state index in [4.69, 9.17) is 8.54 Å². The number of aliphatic hydroxyl groups is 1. The zero-order valence-electron chi connectivity index (χ0n) is 12.7. The van der Waals surface area contributed by atoms with E-state index in [9.17, 15) is 5.11 Å². The van der Waals surface area contributed by atoms with Crippen molar-refractivity contribution in [3.8, 4) is 0 Å². The van der Waals surface area contributed by atoms with Crippen molar-refractivity contribution < 1.29 is 13.6 Å². The molecule has 0 aliphatic rings. The molecule has 2 rings (SSSR count). The fraction of sp³-hybridized carbons (Fsp3) is 0.250. The van der Waals surface area contributed by atoms with Crippen molar-refractivity contribution in [3.63, 3.8) is 0 Å². The van der Waals surface area contributed by atoms with E-state index in [2.05, 4.69) is 30.8 Å². The molecule has 0 saturated carbocycles. The molecule has 21 heavy (non-hydrogen) atoms. The second kappa shape index (κ2) is 6.68. The zero-order valence-corrected chi connectivity index (χ0v) is 14.7. The van der Waals surface area contributed by atoms with Crippen molar-refractivity contribution in [2.45, 2.75) is 13.1 Å². The number of benzene rings is 2. The molecule has 0 saturated heterocycles. The highest BCUT2D eigenvalue weighted by Crippen LogP contribution is 2.15. The van der Waals surface area contributed by atoms with Crippen LogP contribution in [0.2, 0.25) is 13.1 Å². The molecule has 1 N–H and O–H groups in total. The Hall–Kier alpha value is -1.25. The third-order valence-corrected chi connectivity index (χ3v) is 11.5. The van der Waals surface area contributed by atoms with Gasteiger partial charge in [0.15, 0.2) is 0 Å². The van der Waals surface area contributed by atoms with Crippen LogP contribution >= 0.6 is 0 Å². The molecule has 1 unspecified atom stereocenters. The van der Waals surface area contributed by atoms with Crippen molar-refractivity contribution in [2.24, 2.45) is 0 Å². The Bertz CT molecular complexity index is 517. The number of hydrogen-bond acceptors (Lipinski definition) is 3. The van der Waals surface area contributed by atoms with E-state index >= 15 is 0 Å². The van der Waals surface area contributed by atoms with Gasteiger partial charge in [-0.2, -0.15) is 0 Å². The lowest BCUT2D eigenvalue weighted by Gasteiger charge is -2.36. The molecule has 0 aliphatic carbocycles. The van der Waals surface area contributed by atoms with Crippen molar-refractivity contribution in [1.82, 2.24) is 0 Å². The van der Waals surface area contributed by atoms with Gasteiger partial charge in [-0.05, 0) is 23.5 Å². The van der Waals surface area contributed by atoms with Gasteiger partial charge in [0.2, 0.25) is 8.32 Å². The highest BCUT2D eigenvalue weighted by molar-refractivity contribution is 7.00. The van der Waals surface area contributed by atoms with Gasteiger partial charge in [-0.25, -0.2) is 0 Å². The fourth-order valence-electron chi connectivity index (χ4n) is 2.37. The SMILES string of the molecule is CO[Si](C)(CO)O[Si](C)(c1ccccc1)c1ccccc1. The smallest absolute Gasteiger partial charge is 0.351 e. The lowest BCUT2D eigenvalue weighted by molar-refractivity contribution is 0.241. The van der Waals surface area contributed by atoms with E-state index in [1.165, 1.54) is 10.4 Å². The van der Waals surface area contributed by atoms with E-state index in [-0.39, 0.29) is 6.23 Å². The number of rotatable bonds is 6. The van der Waals surface area contributed by atoms with Crippen molar-refractivity contribution >= 4 is 27.3 Å². The summed E-state index contributed by atoms with van der Waals surface area (Å²) >= 11 is 0. The van der Waals surface area contributed by atoms with Crippen LogP contribution in [0.3, 0.4) is 0 Å². The van der Waals surface area contributed by atoms with Crippen molar-refractivity contribution in [3.05, 3.63) is 60.7 Å². The highest BCUT2D eigenvalue weighted by Gasteiger charge is 2.43. The maximum absolute atomic E-state index is 9.68. The highest BCUT2D eigenvalue weighted by atomic mass is 28.4. The summed E-state index contributed by atoms with van der Waals surface area (Å²) in [6, 6.07) is 20.5. The third-order valence-electron chi connectivity index (χ3n) is 3.79. The Morgan fingerprint density at radius 2 is 1.29 bits per heavy atom. The molecule has 3 nitrogen and oxygen atoms in total. The molecular weight excluding hydrogens is 296 g/mol. The zero-order chi connectivity index (χ0) is 15.3. The van der Waals surface area contributed by atoms with Gasteiger partial charge in [-0.3, -0.25) is 0 Å². The Morgan fingerprint density at radius 3 is 1.62 bits per heavy atom. The van der Waals surface area contributed by atoms with Crippen LogP contribution in [0.4, 0.5) is 0 Å². The van der Waals surface area contributed by atoms with Crippen molar-refractivity contribution in [2.75, 3.05) is 13.3 Å².